The average molecular weight is 408 g/mol. The maximum atomic E-state index is 13.3. The number of sulfonamides is 1. The van der Waals surface area contributed by atoms with E-state index in [1.807, 2.05) is 48.5 Å². The molecule has 2 N–H and O–H groups in total. The molecule has 3 aromatic rings. The van der Waals surface area contributed by atoms with Crippen molar-refractivity contribution in [2.45, 2.75) is 17.7 Å². The Morgan fingerprint density at radius 3 is 2.10 bits per heavy atom. The second-order valence-corrected chi connectivity index (χ2v) is 8.64. The third kappa shape index (κ3) is 3.50. The molecule has 1 aliphatic rings. The van der Waals surface area contributed by atoms with Crippen LogP contribution in [-0.4, -0.2) is 21.4 Å². The van der Waals surface area contributed by atoms with Gasteiger partial charge in [0.05, 0.1) is 10.8 Å². The summed E-state index contributed by atoms with van der Waals surface area (Å²) in [4.78, 5) is 13.4. The van der Waals surface area contributed by atoms with Crippen molar-refractivity contribution in [1.82, 2.24) is 4.72 Å². The first-order valence-electron chi connectivity index (χ1n) is 9.11. The molecule has 0 unspecified atom stereocenters. The van der Waals surface area contributed by atoms with E-state index in [-0.39, 0.29) is 10.8 Å². The van der Waals surface area contributed by atoms with Crippen LogP contribution in [-0.2, 0) is 14.8 Å². The maximum Gasteiger partial charge on any atom is 0.240 e. The first-order valence-corrected chi connectivity index (χ1v) is 10.6. The van der Waals surface area contributed by atoms with Crippen LogP contribution in [0.15, 0.2) is 71.6 Å². The number of aryl methyl sites for hydroxylation is 1. The lowest BCUT2D eigenvalue weighted by atomic mass is 9.87. The van der Waals surface area contributed by atoms with E-state index >= 15 is 0 Å². The van der Waals surface area contributed by atoms with Gasteiger partial charge < -0.3 is 10.1 Å². The second kappa shape index (κ2) is 7.35. The van der Waals surface area contributed by atoms with Crippen LogP contribution in [0.25, 0.3) is 0 Å². The first kappa shape index (κ1) is 19.2. The Morgan fingerprint density at radius 1 is 0.931 bits per heavy atom. The Hall–Kier alpha value is -3.16. The van der Waals surface area contributed by atoms with E-state index in [0.29, 0.717) is 22.7 Å². The molecule has 148 valence electrons. The summed E-state index contributed by atoms with van der Waals surface area (Å²) in [6, 6.07) is 19.7. The third-order valence-corrected chi connectivity index (χ3v) is 6.51. The molecular formula is C22H20N2O4S. The highest BCUT2D eigenvalue weighted by atomic mass is 32.2. The van der Waals surface area contributed by atoms with Gasteiger partial charge in [-0.05, 0) is 43.8 Å². The number of hydrogen-bond donors (Lipinski definition) is 2. The normalized spacial score (nSPS) is 13.2. The van der Waals surface area contributed by atoms with Crippen molar-refractivity contribution in [3.63, 3.8) is 0 Å². The smallest absolute Gasteiger partial charge is 0.240 e. The van der Waals surface area contributed by atoms with Gasteiger partial charge in [0.15, 0.2) is 0 Å². The molecule has 4 rings (SSSR count). The average Bonchev–Trinajstić information content (AvgIpc) is 2.73. The third-order valence-electron chi connectivity index (χ3n) is 4.96. The highest BCUT2D eigenvalue weighted by molar-refractivity contribution is 7.89. The minimum atomic E-state index is -3.63. The highest BCUT2D eigenvalue weighted by Crippen LogP contribution is 2.44. The van der Waals surface area contributed by atoms with Crippen LogP contribution < -0.4 is 14.8 Å². The van der Waals surface area contributed by atoms with Gasteiger partial charge in [0.2, 0.25) is 15.9 Å². The molecule has 3 aromatic carbocycles. The zero-order valence-electron chi connectivity index (χ0n) is 16.0. The predicted molar refractivity (Wildman–Crippen MR) is 111 cm³/mol. The van der Waals surface area contributed by atoms with Gasteiger partial charge in [-0.15, -0.1) is 0 Å². The fourth-order valence-electron chi connectivity index (χ4n) is 3.48. The number of para-hydroxylation sites is 2. The van der Waals surface area contributed by atoms with Crippen molar-refractivity contribution in [3.8, 4) is 11.5 Å². The van der Waals surface area contributed by atoms with E-state index in [1.54, 1.807) is 19.1 Å². The van der Waals surface area contributed by atoms with Gasteiger partial charge in [0.1, 0.15) is 11.5 Å². The minimum Gasteiger partial charge on any atom is -0.457 e. The topological polar surface area (TPSA) is 84.5 Å². The van der Waals surface area contributed by atoms with E-state index in [2.05, 4.69) is 10.0 Å². The lowest BCUT2D eigenvalue weighted by molar-refractivity contribution is -0.116. The summed E-state index contributed by atoms with van der Waals surface area (Å²) in [5.41, 5.74) is 2.53. The molecule has 0 spiro atoms. The first-order chi connectivity index (χ1) is 13.9. The van der Waals surface area contributed by atoms with Crippen LogP contribution in [0.5, 0.6) is 11.5 Å². The Kier molecular flexibility index (Phi) is 4.86. The molecule has 0 bridgehead atoms. The molecule has 0 aliphatic carbocycles. The van der Waals surface area contributed by atoms with Crippen molar-refractivity contribution < 1.29 is 17.9 Å². The fraction of sp³-hybridized carbons (Fsp3) is 0.136. The van der Waals surface area contributed by atoms with Crippen molar-refractivity contribution in [2.24, 2.45) is 0 Å². The quantitative estimate of drug-likeness (QED) is 0.688. The van der Waals surface area contributed by atoms with Gasteiger partial charge in [-0.25, -0.2) is 13.1 Å². The van der Waals surface area contributed by atoms with E-state index in [9.17, 15) is 13.2 Å². The lowest BCUT2D eigenvalue weighted by Crippen LogP contribution is -2.25. The van der Waals surface area contributed by atoms with E-state index in [0.717, 1.165) is 11.1 Å². The second-order valence-electron chi connectivity index (χ2n) is 6.79. The highest BCUT2D eigenvalue weighted by Gasteiger charge is 2.32. The number of rotatable bonds is 4. The molecule has 0 atom stereocenters. The van der Waals surface area contributed by atoms with Crippen molar-refractivity contribution in [2.75, 3.05) is 12.4 Å². The van der Waals surface area contributed by atoms with Crippen LogP contribution in [0, 0.1) is 6.92 Å². The number of fused-ring (bicyclic) bond motifs is 2. The molecule has 0 aromatic heterocycles. The SMILES string of the molecule is CNS(=O)(=O)c1cc(NC(=O)C2c3ccccc3Oc3ccccc32)ccc1C. The maximum absolute atomic E-state index is 13.3. The molecule has 7 heteroatoms. The standard InChI is InChI=1S/C22H20N2O4S/c1-14-11-12-15(13-20(14)29(26,27)23-2)24-22(25)21-16-7-3-5-9-18(16)28-19-10-6-4-8-17(19)21/h3-13,21,23H,1-2H3,(H,24,25). The largest absolute Gasteiger partial charge is 0.457 e. The molecule has 1 heterocycles. The summed E-state index contributed by atoms with van der Waals surface area (Å²) in [5, 5.41) is 2.87. The van der Waals surface area contributed by atoms with Crippen LogP contribution in [0.3, 0.4) is 0 Å². The fourth-order valence-corrected chi connectivity index (χ4v) is 4.48. The number of amides is 1. The molecule has 0 fully saturated rings. The Balaban J connectivity index is 1.73. The number of benzene rings is 3. The van der Waals surface area contributed by atoms with Crippen molar-refractivity contribution in [1.29, 1.82) is 0 Å². The lowest BCUT2D eigenvalue weighted by Gasteiger charge is -2.27. The number of carbonyl (C=O) groups excluding carboxylic acids is 1. The minimum absolute atomic E-state index is 0.130. The summed E-state index contributed by atoms with van der Waals surface area (Å²) >= 11 is 0. The number of anilines is 1. The van der Waals surface area contributed by atoms with Crippen LogP contribution in [0.4, 0.5) is 5.69 Å². The van der Waals surface area contributed by atoms with Crippen LogP contribution in [0.1, 0.15) is 22.6 Å². The van der Waals surface area contributed by atoms with E-state index < -0.39 is 15.9 Å². The van der Waals surface area contributed by atoms with Crippen molar-refractivity contribution >= 4 is 21.6 Å². The van der Waals surface area contributed by atoms with E-state index in [1.165, 1.54) is 13.1 Å². The van der Waals surface area contributed by atoms with Gasteiger partial charge in [-0.2, -0.15) is 0 Å². The molecule has 29 heavy (non-hydrogen) atoms. The Labute approximate surface area is 169 Å². The van der Waals surface area contributed by atoms with Gasteiger partial charge in [-0.3, -0.25) is 4.79 Å². The molecule has 6 nitrogen and oxygen atoms in total. The molecule has 1 aliphatic heterocycles. The van der Waals surface area contributed by atoms with Crippen LogP contribution >= 0.6 is 0 Å². The summed E-state index contributed by atoms with van der Waals surface area (Å²) in [6.07, 6.45) is 0. The van der Waals surface area contributed by atoms with Gasteiger partial charge in [0.25, 0.3) is 0 Å². The Morgan fingerprint density at radius 2 is 1.52 bits per heavy atom. The monoisotopic (exact) mass is 408 g/mol. The molecule has 1 amide bonds. The summed E-state index contributed by atoms with van der Waals surface area (Å²) in [5.74, 6) is 0.439. The van der Waals surface area contributed by atoms with Gasteiger partial charge in [0, 0.05) is 16.8 Å². The van der Waals surface area contributed by atoms with Crippen LogP contribution in [0.2, 0.25) is 0 Å². The zero-order chi connectivity index (χ0) is 20.6. The molecular weight excluding hydrogens is 388 g/mol. The zero-order valence-corrected chi connectivity index (χ0v) is 16.8. The molecule has 0 saturated carbocycles. The van der Waals surface area contributed by atoms with Crippen molar-refractivity contribution in [3.05, 3.63) is 83.4 Å². The number of nitrogens with one attached hydrogen (secondary N) is 2. The predicted octanol–water partition coefficient (Wildman–Crippen LogP) is 3.78. The molecule has 0 saturated heterocycles. The van der Waals surface area contributed by atoms with E-state index in [4.69, 9.17) is 4.74 Å². The molecule has 0 radical (unpaired) electrons. The summed E-state index contributed by atoms with van der Waals surface area (Å²) in [6.45, 7) is 1.71. The summed E-state index contributed by atoms with van der Waals surface area (Å²) in [7, 11) is -2.27. The summed E-state index contributed by atoms with van der Waals surface area (Å²) < 4.78 is 32.7. The van der Waals surface area contributed by atoms with Gasteiger partial charge >= 0.3 is 0 Å². The number of ether oxygens (including phenoxy) is 1. The number of carbonyl (C=O) groups is 1. The van der Waals surface area contributed by atoms with Gasteiger partial charge in [-0.1, -0.05) is 42.5 Å². The Bertz CT molecular complexity index is 1160. The number of hydrogen-bond acceptors (Lipinski definition) is 4.